The number of para-hydroxylation sites is 1. The number of hydrogen-bond donors (Lipinski definition) is 0. The monoisotopic (exact) mass is 449 g/mol. The minimum atomic E-state index is 0.0971. The van der Waals surface area contributed by atoms with Crippen LogP contribution in [0.15, 0.2) is 48.5 Å². The predicted octanol–water partition coefficient (Wildman–Crippen LogP) is 3.97. The number of carbonyl (C=O) groups is 1. The van der Waals surface area contributed by atoms with E-state index in [4.69, 9.17) is 4.74 Å². The Bertz CT molecular complexity index is 896. The Morgan fingerprint density at radius 3 is 2.24 bits per heavy atom. The van der Waals surface area contributed by atoms with Gasteiger partial charge in [-0.2, -0.15) is 0 Å². The molecule has 4 rings (SSSR count). The van der Waals surface area contributed by atoms with Crippen LogP contribution in [0, 0.1) is 5.92 Å². The average molecular weight is 450 g/mol. The molecule has 1 heterocycles. The van der Waals surface area contributed by atoms with Crippen molar-refractivity contribution in [2.45, 2.75) is 38.1 Å². The number of ether oxygens (including phenoxy) is 1. The highest BCUT2D eigenvalue weighted by atomic mass is 16.5. The van der Waals surface area contributed by atoms with Crippen molar-refractivity contribution in [3.8, 4) is 5.75 Å². The van der Waals surface area contributed by atoms with E-state index in [1.54, 1.807) is 7.11 Å². The molecule has 2 aliphatic rings. The zero-order valence-electron chi connectivity index (χ0n) is 20.5. The summed E-state index contributed by atoms with van der Waals surface area (Å²) < 4.78 is 5.48. The molecule has 1 saturated heterocycles. The second-order valence-corrected chi connectivity index (χ2v) is 9.92. The summed E-state index contributed by atoms with van der Waals surface area (Å²) in [5.41, 5.74) is 3.73. The number of carbonyl (C=O) groups excluding carboxylic acids is 1. The van der Waals surface area contributed by atoms with Gasteiger partial charge in [0.1, 0.15) is 5.75 Å². The first-order valence-corrected chi connectivity index (χ1v) is 12.4. The topological polar surface area (TPSA) is 36.0 Å². The fourth-order valence-electron chi connectivity index (χ4n) is 5.45. The van der Waals surface area contributed by atoms with E-state index < -0.39 is 0 Å². The molecule has 1 amide bonds. The van der Waals surface area contributed by atoms with Gasteiger partial charge in [0.05, 0.1) is 12.7 Å². The number of rotatable bonds is 9. The van der Waals surface area contributed by atoms with Crippen LogP contribution >= 0.6 is 0 Å². The molecule has 2 aromatic carbocycles. The summed E-state index contributed by atoms with van der Waals surface area (Å²) in [6.07, 6.45) is 5.67. The third kappa shape index (κ3) is 5.96. The number of hydrogen-bond acceptors (Lipinski definition) is 4. The van der Waals surface area contributed by atoms with Gasteiger partial charge in [0, 0.05) is 19.1 Å². The molecule has 0 atom stereocenters. The Balaban J connectivity index is 1.36. The van der Waals surface area contributed by atoms with E-state index in [1.807, 2.05) is 24.3 Å². The molecule has 0 N–H and O–H groups in total. The zero-order valence-corrected chi connectivity index (χ0v) is 20.5. The van der Waals surface area contributed by atoms with Crippen LogP contribution in [0.2, 0.25) is 0 Å². The minimum Gasteiger partial charge on any atom is -0.496 e. The van der Waals surface area contributed by atoms with Gasteiger partial charge in [0.25, 0.3) is 5.91 Å². The van der Waals surface area contributed by atoms with Crippen LogP contribution < -0.4 is 4.74 Å². The Labute approximate surface area is 199 Å². The van der Waals surface area contributed by atoms with Crippen LogP contribution in [0.25, 0.3) is 0 Å². The van der Waals surface area contributed by atoms with Gasteiger partial charge in [-0.25, -0.2) is 0 Å². The highest BCUT2D eigenvalue weighted by Gasteiger charge is 2.31. The van der Waals surface area contributed by atoms with Gasteiger partial charge >= 0.3 is 0 Å². The molecular formula is C28H39N3O2. The lowest BCUT2D eigenvalue weighted by Crippen LogP contribution is -2.45. The van der Waals surface area contributed by atoms with Gasteiger partial charge in [-0.15, -0.1) is 0 Å². The highest BCUT2D eigenvalue weighted by Crippen LogP contribution is 2.29. The molecule has 1 aliphatic heterocycles. The first-order valence-electron chi connectivity index (χ1n) is 12.4. The number of nitrogens with zero attached hydrogens (tertiary/aromatic N) is 3. The third-order valence-corrected chi connectivity index (χ3v) is 7.33. The summed E-state index contributed by atoms with van der Waals surface area (Å²) in [5.74, 6) is 1.32. The molecular weight excluding hydrogens is 410 g/mol. The number of fused-ring (bicyclic) bond motifs is 1. The lowest BCUT2D eigenvalue weighted by atomic mass is 9.94. The Hall–Kier alpha value is -2.37. The standard InChI is InChI=1S/C28H39N3O2/c1-29(2)15-8-16-31(28(32)26-11-6-7-12-27(26)33-3)21-22-13-17-30(18-14-22)25-19-23-9-4-5-10-24(23)20-25/h4-7,9-12,22,25H,8,13-21H2,1-3H3. The van der Waals surface area contributed by atoms with E-state index in [-0.39, 0.29) is 5.91 Å². The summed E-state index contributed by atoms with van der Waals surface area (Å²) in [7, 11) is 5.81. The molecule has 178 valence electrons. The third-order valence-electron chi connectivity index (χ3n) is 7.33. The van der Waals surface area contributed by atoms with Crippen LogP contribution in [-0.4, -0.2) is 80.6 Å². The van der Waals surface area contributed by atoms with E-state index in [1.165, 1.54) is 24.0 Å². The van der Waals surface area contributed by atoms with Crippen LogP contribution in [0.3, 0.4) is 0 Å². The van der Waals surface area contributed by atoms with E-state index in [2.05, 4.69) is 53.1 Å². The molecule has 33 heavy (non-hydrogen) atoms. The summed E-state index contributed by atoms with van der Waals surface area (Å²) in [6, 6.07) is 17.2. The lowest BCUT2D eigenvalue weighted by Gasteiger charge is -2.38. The summed E-state index contributed by atoms with van der Waals surface area (Å²) >= 11 is 0. The van der Waals surface area contributed by atoms with Gasteiger partial charge in [-0.3, -0.25) is 9.69 Å². The normalized spacial score (nSPS) is 17.3. The number of likely N-dealkylation sites (tertiary alicyclic amines) is 1. The van der Waals surface area contributed by atoms with Crippen LogP contribution in [0.1, 0.15) is 40.7 Å². The molecule has 0 saturated carbocycles. The fourth-order valence-corrected chi connectivity index (χ4v) is 5.45. The second-order valence-electron chi connectivity index (χ2n) is 9.92. The summed E-state index contributed by atoms with van der Waals surface area (Å²) in [5, 5.41) is 0. The maximum atomic E-state index is 13.5. The van der Waals surface area contributed by atoms with Crippen LogP contribution in [0.5, 0.6) is 5.75 Å². The van der Waals surface area contributed by atoms with Gasteiger partial charge in [-0.05, 0) is 95.0 Å². The first kappa shape index (κ1) is 23.8. The van der Waals surface area contributed by atoms with Gasteiger partial charge in [-0.1, -0.05) is 36.4 Å². The van der Waals surface area contributed by atoms with Crippen molar-refractivity contribution in [2.24, 2.45) is 5.92 Å². The molecule has 1 fully saturated rings. The molecule has 0 unspecified atom stereocenters. The quantitative estimate of drug-likeness (QED) is 0.580. The number of piperidine rings is 1. The molecule has 0 radical (unpaired) electrons. The van der Waals surface area contributed by atoms with E-state index in [9.17, 15) is 4.79 Å². The van der Waals surface area contributed by atoms with E-state index in [0.29, 0.717) is 23.3 Å². The maximum absolute atomic E-state index is 13.5. The summed E-state index contributed by atoms with van der Waals surface area (Å²) in [6.45, 7) is 4.88. The van der Waals surface area contributed by atoms with Crippen LogP contribution in [-0.2, 0) is 12.8 Å². The Morgan fingerprint density at radius 1 is 0.970 bits per heavy atom. The van der Waals surface area contributed by atoms with Crippen molar-refractivity contribution in [2.75, 3.05) is 53.9 Å². The molecule has 0 aromatic heterocycles. The predicted molar refractivity (Wildman–Crippen MR) is 134 cm³/mol. The number of amides is 1. The molecule has 5 heteroatoms. The van der Waals surface area contributed by atoms with Crippen molar-refractivity contribution < 1.29 is 9.53 Å². The summed E-state index contributed by atoms with van der Waals surface area (Å²) in [4.78, 5) is 20.4. The van der Waals surface area contributed by atoms with Crippen molar-refractivity contribution in [1.82, 2.24) is 14.7 Å². The Morgan fingerprint density at radius 2 is 1.61 bits per heavy atom. The second kappa shape index (κ2) is 11.2. The van der Waals surface area contributed by atoms with E-state index >= 15 is 0 Å². The number of benzene rings is 2. The van der Waals surface area contributed by atoms with Gasteiger partial charge in [0.2, 0.25) is 0 Å². The molecule has 1 aliphatic carbocycles. The molecule has 2 aromatic rings. The van der Waals surface area contributed by atoms with Crippen molar-refractivity contribution in [3.05, 3.63) is 65.2 Å². The van der Waals surface area contributed by atoms with Gasteiger partial charge < -0.3 is 14.5 Å². The Kier molecular flexibility index (Phi) is 8.05. The molecule has 0 spiro atoms. The van der Waals surface area contributed by atoms with Crippen LogP contribution in [0.4, 0.5) is 0 Å². The van der Waals surface area contributed by atoms with Crippen molar-refractivity contribution >= 4 is 5.91 Å². The van der Waals surface area contributed by atoms with Crippen molar-refractivity contribution in [1.29, 1.82) is 0 Å². The highest BCUT2D eigenvalue weighted by molar-refractivity contribution is 5.97. The van der Waals surface area contributed by atoms with E-state index in [0.717, 1.165) is 52.0 Å². The smallest absolute Gasteiger partial charge is 0.257 e. The maximum Gasteiger partial charge on any atom is 0.257 e. The fraction of sp³-hybridized carbons (Fsp3) is 0.536. The SMILES string of the molecule is COc1ccccc1C(=O)N(CCCN(C)C)CC1CCN(C2Cc3ccccc3C2)CC1. The zero-order chi connectivity index (χ0) is 23.2. The number of methoxy groups -OCH3 is 1. The first-order chi connectivity index (χ1) is 16.0. The largest absolute Gasteiger partial charge is 0.496 e. The minimum absolute atomic E-state index is 0.0971. The lowest BCUT2D eigenvalue weighted by molar-refractivity contribution is 0.0658. The molecule has 0 bridgehead atoms. The van der Waals surface area contributed by atoms with Gasteiger partial charge in [0.15, 0.2) is 0 Å². The molecule has 5 nitrogen and oxygen atoms in total. The van der Waals surface area contributed by atoms with Crippen molar-refractivity contribution in [3.63, 3.8) is 0 Å². The average Bonchev–Trinajstić information content (AvgIpc) is 3.27.